The molecule has 542 valence electrons. The summed E-state index contributed by atoms with van der Waals surface area (Å²) in [4.78, 5) is 5.24. The number of hydrogen-bond donors (Lipinski definition) is 0. The average Bonchev–Trinajstić information content (AvgIpc) is 0.908. The van der Waals surface area contributed by atoms with Gasteiger partial charge in [-0.15, -0.1) is 0 Å². The molecule has 4 heterocycles. The molecule has 0 saturated carbocycles. The van der Waals surface area contributed by atoms with Crippen LogP contribution in [0.5, 0.6) is 0 Å². The molecule has 16 aromatic carbocycles. The van der Waals surface area contributed by atoms with Crippen molar-refractivity contribution in [1.82, 2.24) is 9.13 Å². The van der Waals surface area contributed by atoms with Crippen LogP contribution in [0.1, 0.15) is 69.4 Å². The minimum Gasteiger partial charge on any atom is -0.310 e. The Morgan fingerprint density at radius 1 is 0.270 bits per heavy atom. The molecule has 0 amide bonds. The second-order valence-corrected chi connectivity index (χ2v) is 32.5. The van der Waals surface area contributed by atoms with Gasteiger partial charge in [0, 0.05) is 83.5 Å². The molecular weight excluding hydrogens is 1390 g/mol. The number of nitrogens with zero attached hydrogens (tertiary/aromatic N) is 7. The van der Waals surface area contributed by atoms with Crippen molar-refractivity contribution in [3.05, 3.63) is 380 Å². The molecule has 7 nitrogen and oxygen atoms in total. The topological polar surface area (TPSA) is 87.7 Å². The van der Waals surface area contributed by atoms with Gasteiger partial charge >= 0.3 is 0 Å². The van der Waals surface area contributed by atoms with Gasteiger partial charge in [0.1, 0.15) is 0 Å². The first-order chi connectivity index (χ1) is 56.2. The Morgan fingerprint density at radius 3 is 0.974 bits per heavy atom. The van der Waals surface area contributed by atoms with Crippen LogP contribution in [0, 0.1) is 34.0 Å². The summed E-state index contributed by atoms with van der Waals surface area (Å²) in [5, 5.41) is 37.4. The number of aromatic nitrogens is 2. The van der Waals surface area contributed by atoms with Crippen LogP contribution >= 0.6 is 0 Å². The normalized spacial score (nSPS) is 12.4. The lowest BCUT2D eigenvalue weighted by atomic mass is 9.33. The number of benzene rings is 16. The first-order valence-corrected chi connectivity index (χ1v) is 39.4. The zero-order valence-electron chi connectivity index (χ0n) is 64.7. The number of anilines is 6. The van der Waals surface area contributed by atoms with Gasteiger partial charge in [0.05, 0.1) is 68.3 Å². The lowest BCUT2D eigenvalue weighted by Gasteiger charge is -2.46. The third-order valence-corrected chi connectivity index (χ3v) is 23.7. The molecule has 115 heavy (non-hydrogen) atoms. The standard InChI is InChI=1S/C107H76BN7/c1-106(2,3)80-49-45-73(46-50-80)89-58-77(70-43-41-68(65-109)42-44-70)57-88(71-27-12-8-13-28-71)104(89)114-98-63-82(112-94-37-20-16-33-84(94)85-34-17-21-38-95(85)112)53-55-92(98)108-93-56-54-83(113-96-39-22-18-35-86(96)87-36-19-23-40-97(87)113)64-99(93)115(101-62-78(61-100(114)103(101)108)69-25-10-7-11-26-69)105-90(72-29-14-9-15-30-72)59-79(102-75(66-110)31-24-32-76(102)67-111)60-91(105)74-47-51-81(52-48-74)107(4,5)6/h7-64H,1-6H3. The average molecular weight is 1470 g/mol. The molecule has 0 atom stereocenters. The Morgan fingerprint density at radius 2 is 0.600 bits per heavy atom. The fourth-order valence-electron chi connectivity index (χ4n) is 18.2. The number of hydrogen-bond acceptors (Lipinski definition) is 5. The fraction of sp³-hybridized carbons (Fsp3) is 0.0748. The summed E-state index contributed by atoms with van der Waals surface area (Å²) in [5.41, 5.74) is 32.4. The highest BCUT2D eigenvalue weighted by atomic mass is 15.2. The minimum atomic E-state index is -0.394. The number of fused-ring (bicyclic) bond motifs is 10. The molecule has 2 aliphatic heterocycles. The molecule has 0 spiro atoms. The van der Waals surface area contributed by atoms with Crippen LogP contribution in [0.2, 0.25) is 0 Å². The molecule has 0 saturated heterocycles. The van der Waals surface area contributed by atoms with Crippen molar-refractivity contribution < 1.29 is 0 Å². The van der Waals surface area contributed by atoms with Crippen molar-refractivity contribution in [3.63, 3.8) is 0 Å². The summed E-state index contributed by atoms with van der Waals surface area (Å²) in [6.45, 7) is 13.2. The number of nitriles is 3. The maximum atomic E-state index is 11.2. The van der Waals surface area contributed by atoms with Gasteiger partial charge in [0.25, 0.3) is 6.71 Å². The second kappa shape index (κ2) is 27.3. The Balaban J connectivity index is 0.988. The van der Waals surface area contributed by atoms with Crippen LogP contribution < -0.4 is 26.2 Å². The highest BCUT2D eigenvalue weighted by Gasteiger charge is 2.46. The lowest BCUT2D eigenvalue weighted by molar-refractivity contribution is 0.590. The maximum Gasteiger partial charge on any atom is 0.252 e. The monoisotopic (exact) mass is 1470 g/mol. The van der Waals surface area contributed by atoms with E-state index in [-0.39, 0.29) is 10.8 Å². The summed E-state index contributed by atoms with van der Waals surface area (Å²) in [5.74, 6) is 0. The van der Waals surface area contributed by atoms with Crippen molar-refractivity contribution in [3.8, 4) is 107 Å². The Hall–Kier alpha value is -14.7. The van der Waals surface area contributed by atoms with Gasteiger partial charge in [-0.05, 0) is 198 Å². The second-order valence-electron chi connectivity index (χ2n) is 32.5. The Kier molecular flexibility index (Phi) is 16.5. The smallest absolute Gasteiger partial charge is 0.252 e. The molecule has 0 unspecified atom stereocenters. The van der Waals surface area contributed by atoms with E-state index in [1.54, 1.807) is 0 Å². The molecule has 2 aliphatic rings. The summed E-state index contributed by atoms with van der Waals surface area (Å²) in [6.07, 6.45) is 0. The Labute approximate surface area is 670 Å². The van der Waals surface area contributed by atoms with Crippen LogP contribution in [0.25, 0.3) is 133 Å². The SMILES string of the molecule is CC(C)(C)c1ccc(-c2cc(-c3ccc(C#N)cc3)cc(-c3ccccc3)c2N2c3cc(-n4c5ccccc5c5ccccc54)ccc3B3c4ccc(-n5c6ccccc6c6ccccc65)cc4N(c4c(-c5ccccc5)cc(-c5c(C#N)cccc5C#N)cc4-c4ccc(C(C)(C)C)cc4)c4cc(-c5ccccc5)cc2c43)cc1. The quantitative estimate of drug-likeness (QED) is 0.120. The van der Waals surface area contributed by atoms with Gasteiger partial charge in [-0.1, -0.05) is 284 Å². The van der Waals surface area contributed by atoms with Crippen molar-refractivity contribution in [2.24, 2.45) is 0 Å². The van der Waals surface area contributed by atoms with E-state index in [1.807, 2.05) is 30.3 Å². The van der Waals surface area contributed by atoms with Crippen LogP contribution in [-0.4, -0.2) is 15.8 Å². The van der Waals surface area contributed by atoms with E-state index >= 15 is 0 Å². The Bertz CT molecular complexity index is 6980. The largest absolute Gasteiger partial charge is 0.310 e. The molecule has 0 fully saturated rings. The van der Waals surface area contributed by atoms with Crippen molar-refractivity contribution in [1.29, 1.82) is 15.8 Å². The molecule has 18 aromatic rings. The van der Waals surface area contributed by atoms with E-state index in [2.05, 4.69) is 400 Å². The molecular formula is C107H76BN7. The molecule has 2 aromatic heterocycles. The van der Waals surface area contributed by atoms with E-state index in [9.17, 15) is 15.8 Å². The predicted molar refractivity (Wildman–Crippen MR) is 479 cm³/mol. The molecule has 0 N–H and O–H groups in total. The zero-order valence-corrected chi connectivity index (χ0v) is 64.7. The van der Waals surface area contributed by atoms with Gasteiger partial charge in [-0.2, -0.15) is 15.8 Å². The van der Waals surface area contributed by atoms with E-state index in [0.29, 0.717) is 22.3 Å². The molecule has 0 bridgehead atoms. The molecule has 20 rings (SSSR count). The predicted octanol–water partition coefficient (Wildman–Crippen LogP) is 25.8. The number of para-hydroxylation sites is 4. The van der Waals surface area contributed by atoms with Crippen molar-refractivity contribution >= 4 is 101 Å². The van der Waals surface area contributed by atoms with E-state index in [1.165, 1.54) is 21.9 Å². The highest BCUT2D eigenvalue weighted by Crippen LogP contribution is 2.56. The highest BCUT2D eigenvalue weighted by molar-refractivity contribution is 7.00. The molecule has 0 aliphatic carbocycles. The van der Waals surface area contributed by atoms with Gasteiger partial charge < -0.3 is 18.9 Å². The summed E-state index contributed by atoms with van der Waals surface area (Å²) in [6, 6.07) is 136. The first-order valence-electron chi connectivity index (χ1n) is 39.4. The molecule has 0 radical (unpaired) electrons. The molecule has 8 heteroatoms. The maximum absolute atomic E-state index is 11.2. The van der Waals surface area contributed by atoms with Crippen molar-refractivity contribution in [2.75, 3.05) is 9.80 Å². The minimum absolute atomic E-state index is 0.134. The van der Waals surface area contributed by atoms with Gasteiger partial charge in [-0.3, -0.25) is 0 Å². The fourth-order valence-corrected chi connectivity index (χ4v) is 18.2. The van der Waals surface area contributed by atoms with Crippen LogP contribution in [0.15, 0.2) is 352 Å². The summed E-state index contributed by atoms with van der Waals surface area (Å²) < 4.78 is 4.90. The van der Waals surface area contributed by atoms with Crippen molar-refractivity contribution in [2.45, 2.75) is 52.4 Å². The third kappa shape index (κ3) is 11.5. The van der Waals surface area contributed by atoms with Crippen LogP contribution in [-0.2, 0) is 10.8 Å². The number of rotatable bonds is 11. The van der Waals surface area contributed by atoms with E-state index < -0.39 is 6.71 Å². The third-order valence-electron chi connectivity index (χ3n) is 23.7. The van der Waals surface area contributed by atoms with Gasteiger partial charge in [0.15, 0.2) is 0 Å². The van der Waals surface area contributed by atoms with E-state index in [4.69, 9.17) is 0 Å². The lowest BCUT2D eigenvalue weighted by Crippen LogP contribution is -2.61. The van der Waals surface area contributed by atoms with Gasteiger partial charge in [-0.25, -0.2) is 0 Å². The van der Waals surface area contributed by atoms with Gasteiger partial charge in [0.2, 0.25) is 0 Å². The van der Waals surface area contributed by atoms with Crippen LogP contribution in [0.3, 0.4) is 0 Å². The zero-order chi connectivity index (χ0) is 78.0. The van der Waals surface area contributed by atoms with Crippen LogP contribution in [0.4, 0.5) is 34.1 Å². The first kappa shape index (κ1) is 69.4. The summed E-state index contributed by atoms with van der Waals surface area (Å²) in [7, 11) is 0. The summed E-state index contributed by atoms with van der Waals surface area (Å²) >= 11 is 0. The van der Waals surface area contributed by atoms with E-state index in [0.717, 1.165) is 167 Å².